The predicted molar refractivity (Wildman–Crippen MR) is 104 cm³/mol. The first-order chi connectivity index (χ1) is 11.7. The maximum Gasteiger partial charge on any atom is 0.573 e. The van der Waals surface area contributed by atoms with E-state index >= 15 is 0 Å². The number of nitrogens with zero attached hydrogens (tertiary/aromatic N) is 1. The van der Waals surface area contributed by atoms with E-state index in [0.29, 0.717) is 18.9 Å². The van der Waals surface area contributed by atoms with Gasteiger partial charge in [0.25, 0.3) is 0 Å². The minimum Gasteiger partial charge on any atom is -0.405 e. The van der Waals surface area contributed by atoms with E-state index in [1.165, 1.54) is 18.2 Å². The standard InChI is InChI=1S/C15H20F3N3O3S.HI/c1-2-19-14(21-12-7-8-25(22,23)10-12)20-9-11-5-3-4-6-13(11)24-15(16,17)18;/h3-6,12H,2,7-10H2,1H3,(H2,19,20,21);1H. The summed E-state index contributed by atoms with van der Waals surface area (Å²) in [5, 5.41) is 5.96. The maximum absolute atomic E-state index is 12.4. The molecule has 0 bridgehead atoms. The molecular formula is C15H21F3IN3O3S. The lowest BCUT2D eigenvalue weighted by atomic mass is 10.2. The molecule has 6 nitrogen and oxygen atoms in total. The van der Waals surface area contributed by atoms with Crippen LogP contribution in [0.3, 0.4) is 0 Å². The van der Waals surface area contributed by atoms with Crippen LogP contribution < -0.4 is 15.4 Å². The number of halogens is 4. The van der Waals surface area contributed by atoms with Gasteiger partial charge in [-0.1, -0.05) is 18.2 Å². The number of hydrogen-bond donors (Lipinski definition) is 2. The van der Waals surface area contributed by atoms with Crippen molar-refractivity contribution < 1.29 is 26.3 Å². The molecule has 26 heavy (non-hydrogen) atoms. The van der Waals surface area contributed by atoms with Gasteiger partial charge in [-0.3, -0.25) is 0 Å². The van der Waals surface area contributed by atoms with Crippen LogP contribution >= 0.6 is 24.0 Å². The molecule has 0 aromatic heterocycles. The Kier molecular flexibility index (Phi) is 8.44. The number of guanidine groups is 1. The van der Waals surface area contributed by atoms with Crippen molar-refractivity contribution in [2.45, 2.75) is 32.3 Å². The van der Waals surface area contributed by atoms with Gasteiger partial charge in [0.2, 0.25) is 0 Å². The topological polar surface area (TPSA) is 79.8 Å². The highest BCUT2D eigenvalue weighted by molar-refractivity contribution is 14.0. The zero-order valence-electron chi connectivity index (χ0n) is 14.0. The van der Waals surface area contributed by atoms with Crippen LogP contribution in [0, 0.1) is 0 Å². The van der Waals surface area contributed by atoms with Gasteiger partial charge in [-0.25, -0.2) is 13.4 Å². The molecule has 1 aromatic carbocycles. The molecule has 0 radical (unpaired) electrons. The third kappa shape index (κ3) is 7.56. The molecule has 1 aliphatic rings. The van der Waals surface area contributed by atoms with E-state index in [9.17, 15) is 21.6 Å². The van der Waals surface area contributed by atoms with Gasteiger partial charge in [-0.15, -0.1) is 37.1 Å². The second-order valence-corrected chi connectivity index (χ2v) is 7.82. The molecule has 1 aromatic rings. The van der Waals surface area contributed by atoms with Gasteiger partial charge in [0, 0.05) is 18.2 Å². The van der Waals surface area contributed by atoms with Crippen molar-refractivity contribution in [1.29, 1.82) is 0 Å². The fourth-order valence-electron chi connectivity index (χ4n) is 2.45. The van der Waals surface area contributed by atoms with E-state index in [0.717, 1.165) is 0 Å². The monoisotopic (exact) mass is 507 g/mol. The number of sulfone groups is 1. The van der Waals surface area contributed by atoms with Crippen molar-refractivity contribution >= 4 is 39.8 Å². The number of alkyl halides is 3. The average molecular weight is 507 g/mol. The largest absolute Gasteiger partial charge is 0.573 e. The van der Waals surface area contributed by atoms with E-state index in [4.69, 9.17) is 0 Å². The quantitative estimate of drug-likeness (QED) is 0.364. The Bertz CT molecular complexity index is 726. The van der Waals surface area contributed by atoms with E-state index in [1.807, 2.05) is 6.92 Å². The van der Waals surface area contributed by atoms with E-state index in [1.54, 1.807) is 6.07 Å². The van der Waals surface area contributed by atoms with Gasteiger partial charge in [-0.2, -0.15) is 0 Å². The summed E-state index contributed by atoms with van der Waals surface area (Å²) in [4.78, 5) is 4.24. The number of aliphatic imine (C=N–C) groups is 1. The van der Waals surface area contributed by atoms with Crippen LogP contribution in [0.5, 0.6) is 5.75 Å². The predicted octanol–water partition coefficient (Wildman–Crippen LogP) is 2.45. The second kappa shape index (κ2) is 9.62. The lowest BCUT2D eigenvalue weighted by Gasteiger charge is -2.16. The normalized spacial score (nSPS) is 19.5. The van der Waals surface area contributed by atoms with Crippen LogP contribution in [-0.2, 0) is 16.4 Å². The van der Waals surface area contributed by atoms with Crippen LogP contribution in [0.15, 0.2) is 29.3 Å². The summed E-state index contributed by atoms with van der Waals surface area (Å²) in [6.45, 7) is 2.33. The summed E-state index contributed by atoms with van der Waals surface area (Å²) in [5.74, 6) is 0.182. The number of rotatable bonds is 5. The molecule has 0 amide bonds. The Balaban J connectivity index is 0.00000338. The molecular weight excluding hydrogens is 486 g/mol. The van der Waals surface area contributed by atoms with Crippen molar-refractivity contribution in [3.8, 4) is 5.75 Å². The van der Waals surface area contributed by atoms with Gasteiger partial charge in [0.05, 0.1) is 18.1 Å². The first-order valence-electron chi connectivity index (χ1n) is 7.77. The van der Waals surface area contributed by atoms with Crippen LogP contribution in [0.1, 0.15) is 18.9 Å². The van der Waals surface area contributed by atoms with Crippen LogP contribution in [0.2, 0.25) is 0 Å². The van der Waals surface area contributed by atoms with Gasteiger partial charge in [-0.05, 0) is 19.4 Å². The molecule has 11 heteroatoms. The molecule has 148 valence electrons. The first kappa shape index (κ1) is 22.8. The van der Waals surface area contributed by atoms with Crippen molar-refractivity contribution in [3.63, 3.8) is 0 Å². The summed E-state index contributed by atoms with van der Waals surface area (Å²) >= 11 is 0. The Labute approximate surface area is 167 Å². The third-order valence-corrected chi connectivity index (χ3v) is 5.29. The summed E-state index contributed by atoms with van der Waals surface area (Å²) in [5.41, 5.74) is 0.274. The Morgan fingerprint density at radius 2 is 2.04 bits per heavy atom. The molecule has 1 fully saturated rings. The minimum atomic E-state index is -4.78. The molecule has 2 rings (SSSR count). The highest BCUT2D eigenvalue weighted by atomic mass is 127. The van der Waals surface area contributed by atoms with Gasteiger partial charge in [0.1, 0.15) is 5.75 Å². The van der Waals surface area contributed by atoms with Crippen molar-refractivity contribution in [1.82, 2.24) is 10.6 Å². The lowest BCUT2D eigenvalue weighted by molar-refractivity contribution is -0.274. The number of ether oxygens (including phenoxy) is 1. The fraction of sp³-hybridized carbons (Fsp3) is 0.533. The van der Waals surface area contributed by atoms with E-state index in [-0.39, 0.29) is 59.4 Å². The molecule has 0 spiro atoms. The fourth-order valence-corrected chi connectivity index (χ4v) is 4.12. The molecule has 1 aliphatic heterocycles. The van der Waals surface area contributed by atoms with Gasteiger partial charge >= 0.3 is 6.36 Å². The zero-order chi connectivity index (χ0) is 18.5. The molecule has 1 atom stereocenters. The Morgan fingerprint density at radius 3 is 2.62 bits per heavy atom. The first-order valence-corrected chi connectivity index (χ1v) is 9.59. The Morgan fingerprint density at radius 1 is 1.35 bits per heavy atom. The minimum absolute atomic E-state index is 0. The molecule has 1 saturated heterocycles. The van der Waals surface area contributed by atoms with Crippen LogP contribution in [-0.4, -0.2) is 44.8 Å². The highest BCUT2D eigenvalue weighted by Crippen LogP contribution is 2.26. The third-order valence-electron chi connectivity index (χ3n) is 3.52. The average Bonchev–Trinajstić information content (AvgIpc) is 2.83. The summed E-state index contributed by atoms with van der Waals surface area (Å²) in [6, 6.07) is 5.50. The molecule has 0 aliphatic carbocycles. The van der Waals surface area contributed by atoms with Gasteiger partial charge in [0.15, 0.2) is 15.8 Å². The summed E-state index contributed by atoms with van der Waals surface area (Å²) < 4.78 is 64.4. The number of para-hydroxylation sites is 1. The Hall–Kier alpha value is -1.24. The summed E-state index contributed by atoms with van der Waals surface area (Å²) in [6.07, 6.45) is -4.30. The van der Waals surface area contributed by atoms with E-state index < -0.39 is 16.2 Å². The van der Waals surface area contributed by atoms with Crippen molar-refractivity contribution in [3.05, 3.63) is 29.8 Å². The van der Waals surface area contributed by atoms with Crippen LogP contribution in [0.25, 0.3) is 0 Å². The van der Waals surface area contributed by atoms with Gasteiger partial charge < -0.3 is 15.4 Å². The zero-order valence-corrected chi connectivity index (χ0v) is 17.2. The molecule has 0 saturated carbocycles. The van der Waals surface area contributed by atoms with E-state index in [2.05, 4.69) is 20.4 Å². The number of nitrogens with one attached hydrogen (secondary N) is 2. The van der Waals surface area contributed by atoms with Crippen LogP contribution in [0.4, 0.5) is 13.2 Å². The molecule has 2 N–H and O–H groups in total. The summed E-state index contributed by atoms with van der Waals surface area (Å²) in [7, 11) is -3.04. The molecule has 1 heterocycles. The van der Waals surface area contributed by atoms with Crippen molar-refractivity contribution in [2.75, 3.05) is 18.1 Å². The maximum atomic E-state index is 12.4. The molecule has 1 unspecified atom stereocenters. The number of benzene rings is 1. The second-order valence-electron chi connectivity index (χ2n) is 5.59. The van der Waals surface area contributed by atoms with Crippen molar-refractivity contribution in [2.24, 2.45) is 4.99 Å². The lowest BCUT2D eigenvalue weighted by Crippen LogP contribution is -2.44. The highest BCUT2D eigenvalue weighted by Gasteiger charge is 2.32. The smallest absolute Gasteiger partial charge is 0.405 e. The SMILES string of the molecule is CCNC(=NCc1ccccc1OC(F)(F)F)NC1CCS(=O)(=O)C1.I. The number of hydrogen-bond acceptors (Lipinski definition) is 4.